The Kier molecular flexibility index (Phi) is 8.20. The van der Waals surface area contributed by atoms with E-state index in [2.05, 4.69) is 10.6 Å². The van der Waals surface area contributed by atoms with E-state index in [0.29, 0.717) is 12.1 Å². The second-order valence-electron chi connectivity index (χ2n) is 6.59. The van der Waals surface area contributed by atoms with E-state index in [9.17, 15) is 9.59 Å². The van der Waals surface area contributed by atoms with Crippen LogP contribution in [0.25, 0.3) is 0 Å². The molecule has 0 aromatic heterocycles. The number of allylic oxidation sites excluding steroid dienone is 1. The second kappa shape index (κ2) is 8.81. The highest BCUT2D eigenvalue weighted by atomic mass is 16.6. The fraction of sp³-hybridized carbons (Fsp3) is 0.765. The molecule has 2 amide bonds. The molecule has 128 valence electrons. The highest BCUT2D eigenvalue weighted by Gasteiger charge is 2.29. The quantitative estimate of drug-likeness (QED) is 0.707. The Morgan fingerprint density at radius 2 is 1.64 bits per heavy atom. The largest absolute Gasteiger partial charge is 0.444 e. The molecule has 0 unspecified atom stereocenters. The van der Waals surface area contributed by atoms with Crippen molar-refractivity contribution in [2.75, 3.05) is 6.54 Å². The summed E-state index contributed by atoms with van der Waals surface area (Å²) in [6.45, 7) is 13.6. The van der Waals surface area contributed by atoms with E-state index in [0.717, 1.165) is 19.3 Å². The van der Waals surface area contributed by atoms with Crippen LogP contribution in [0.4, 0.5) is 4.79 Å². The molecule has 0 rings (SSSR count). The van der Waals surface area contributed by atoms with Gasteiger partial charge in [-0.3, -0.25) is 4.79 Å². The van der Waals surface area contributed by atoms with E-state index in [1.54, 1.807) is 6.92 Å². The zero-order chi connectivity index (χ0) is 17.4. The monoisotopic (exact) mass is 312 g/mol. The third-order valence-electron chi connectivity index (χ3n) is 3.57. The average molecular weight is 312 g/mol. The van der Waals surface area contributed by atoms with Crippen molar-refractivity contribution < 1.29 is 14.3 Å². The molecule has 5 nitrogen and oxygen atoms in total. The van der Waals surface area contributed by atoms with Crippen LogP contribution in [-0.2, 0) is 9.53 Å². The first-order valence-corrected chi connectivity index (χ1v) is 8.05. The molecule has 0 aromatic rings. The summed E-state index contributed by atoms with van der Waals surface area (Å²) in [5.74, 6) is -0.0865. The number of carbonyl (C=O) groups is 2. The van der Waals surface area contributed by atoms with E-state index in [1.807, 2.05) is 47.6 Å². The lowest BCUT2D eigenvalue weighted by molar-refractivity contribution is -0.119. The van der Waals surface area contributed by atoms with Gasteiger partial charge in [-0.05, 0) is 47.0 Å². The van der Waals surface area contributed by atoms with Crippen LogP contribution < -0.4 is 10.6 Å². The van der Waals surface area contributed by atoms with Gasteiger partial charge >= 0.3 is 6.09 Å². The summed E-state index contributed by atoms with van der Waals surface area (Å²) in [6.07, 6.45) is 3.70. The molecule has 0 aliphatic carbocycles. The van der Waals surface area contributed by atoms with Gasteiger partial charge in [-0.2, -0.15) is 0 Å². The summed E-state index contributed by atoms with van der Waals surface area (Å²) in [7, 11) is 0. The maximum atomic E-state index is 12.2. The van der Waals surface area contributed by atoms with Gasteiger partial charge in [-0.15, -0.1) is 0 Å². The first-order chi connectivity index (χ1) is 10.1. The Hall–Kier alpha value is -1.52. The summed E-state index contributed by atoms with van der Waals surface area (Å²) in [5.41, 5.74) is -0.294. The first-order valence-electron chi connectivity index (χ1n) is 8.05. The van der Waals surface area contributed by atoms with E-state index < -0.39 is 17.2 Å². The Morgan fingerprint density at radius 1 is 1.09 bits per heavy atom. The molecule has 0 saturated carbocycles. The Bertz CT molecular complexity index is 405. The number of rotatable bonds is 7. The summed E-state index contributed by atoms with van der Waals surface area (Å²) in [5, 5.41) is 5.82. The third kappa shape index (κ3) is 7.48. The van der Waals surface area contributed by atoms with Crippen LogP contribution in [0.15, 0.2) is 11.6 Å². The minimum atomic E-state index is -0.533. The number of nitrogens with one attached hydrogen (secondary N) is 2. The van der Waals surface area contributed by atoms with Crippen molar-refractivity contribution in [3.05, 3.63) is 11.6 Å². The molecule has 0 fully saturated rings. The zero-order valence-corrected chi connectivity index (χ0v) is 15.1. The van der Waals surface area contributed by atoms with Gasteiger partial charge in [-0.25, -0.2) is 4.79 Å². The number of amides is 2. The van der Waals surface area contributed by atoms with Gasteiger partial charge in [0.25, 0.3) is 0 Å². The molecule has 0 radical (unpaired) electrons. The molecule has 0 aliphatic rings. The number of carbonyl (C=O) groups excluding carboxylic acids is 2. The molecule has 0 aromatic carbocycles. The molecule has 5 heteroatoms. The van der Waals surface area contributed by atoms with Crippen LogP contribution in [0.5, 0.6) is 0 Å². The van der Waals surface area contributed by atoms with Crippen LogP contribution in [0.2, 0.25) is 0 Å². The molecule has 0 saturated heterocycles. The zero-order valence-electron chi connectivity index (χ0n) is 15.1. The lowest BCUT2D eigenvalue weighted by atomic mass is 9.92. The van der Waals surface area contributed by atoms with Crippen LogP contribution >= 0.6 is 0 Å². The maximum Gasteiger partial charge on any atom is 0.407 e. The minimum absolute atomic E-state index is 0.0865. The van der Waals surface area contributed by atoms with Crippen LogP contribution in [-0.4, -0.2) is 29.7 Å². The standard InChI is InChI=1S/C17H32N2O3/c1-8-11-13(4)14(20)19-17(9-2,10-3)12-18-15(21)22-16(5,6)7/h11H,8-10,12H2,1-7H3,(H,18,21)(H,19,20). The van der Waals surface area contributed by atoms with Crippen molar-refractivity contribution in [2.24, 2.45) is 0 Å². The highest BCUT2D eigenvalue weighted by molar-refractivity contribution is 5.93. The number of ether oxygens (including phenoxy) is 1. The fourth-order valence-corrected chi connectivity index (χ4v) is 2.01. The van der Waals surface area contributed by atoms with Gasteiger partial charge in [0, 0.05) is 12.1 Å². The van der Waals surface area contributed by atoms with Crippen molar-refractivity contribution in [1.29, 1.82) is 0 Å². The Labute approximate surface area is 134 Å². The fourth-order valence-electron chi connectivity index (χ4n) is 2.01. The molecule has 0 bridgehead atoms. The minimum Gasteiger partial charge on any atom is -0.444 e. The number of hydrogen-bond donors (Lipinski definition) is 2. The van der Waals surface area contributed by atoms with E-state index in [-0.39, 0.29) is 5.91 Å². The van der Waals surface area contributed by atoms with Gasteiger partial charge in [0.1, 0.15) is 5.60 Å². The molecule has 2 N–H and O–H groups in total. The predicted octanol–water partition coefficient (Wildman–Crippen LogP) is 3.54. The highest BCUT2D eigenvalue weighted by Crippen LogP contribution is 2.16. The number of hydrogen-bond acceptors (Lipinski definition) is 3. The van der Waals surface area contributed by atoms with Gasteiger partial charge in [0.05, 0.1) is 5.54 Å². The predicted molar refractivity (Wildman–Crippen MR) is 89.7 cm³/mol. The normalized spacial score (nSPS) is 12.8. The second-order valence-corrected chi connectivity index (χ2v) is 6.59. The SMILES string of the molecule is CCC=C(C)C(=O)NC(CC)(CC)CNC(=O)OC(C)(C)C. The molecule has 0 atom stereocenters. The average Bonchev–Trinajstić information content (AvgIpc) is 2.41. The van der Waals surface area contributed by atoms with Crippen molar-refractivity contribution in [1.82, 2.24) is 10.6 Å². The summed E-state index contributed by atoms with van der Waals surface area (Å²) in [4.78, 5) is 24.0. The lowest BCUT2D eigenvalue weighted by Gasteiger charge is -2.33. The van der Waals surface area contributed by atoms with Gasteiger partial charge in [-0.1, -0.05) is 26.8 Å². The van der Waals surface area contributed by atoms with Crippen molar-refractivity contribution in [2.45, 2.75) is 78.9 Å². The lowest BCUT2D eigenvalue weighted by Crippen LogP contribution is -2.55. The molecular formula is C17H32N2O3. The molecule has 22 heavy (non-hydrogen) atoms. The van der Waals surface area contributed by atoms with Crippen LogP contribution in [0, 0.1) is 0 Å². The summed E-state index contributed by atoms with van der Waals surface area (Å²) < 4.78 is 5.24. The maximum absolute atomic E-state index is 12.2. The Morgan fingerprint density at radius 3 is 2.05 bits per heavy atom. The van der Waals surface area contributed by atoms with Crippen molar-refractivity contribution in [3.63, 3.8) is 0 Å². The summed E-state index contributed by atoms with van der Waals surface area (Å²) >= 11 is 0. The van der Waals surface area contributed by atoms with Crippen LogP contribution in [0.1, 0.15) is 67.7 Å². The molecular weight excluding hydrogens is 280 g/mol. The molecule has 0 spiro atoms. The summed E-state index contributed by atoms with van der Waals surface area (Å²) in [6, 6.07) is 0. The van der Waals surface area contributed by atoms with E-state index in [4.69, 9.17) is 4.74 Å². The first kappa shape index (κ1) is 20.5. The number of alkyl carbamates (subject to hydrolysis) is 1. The van der Waals surface area contributed by atoms with Gasteiger partial charge in [0.2, 0.25) is 5.91 Å². The van der Waals surface area contributed by atoms with Gasteiger partial charge < -0.3 is 15.4 Å². The molecule has 0 aliphatic heterocycles. The van der Waals surface area contributed by atoms with Crippen LogP contribution in [0.3, 0.4) is 0 Å². The topological polar surface area (TPSA) is 67.4 Å². The third-order valence-corrected chi connectivity index (χ3v) is 3.57. The Balaban J connectivity index is 4.79. The van der Waals surface area contributed by atoms with Crippen molar-refractivity contribution >= 4 is 12.0 Å². The van der Waals surface area contributed by atoms with Gasteiger partial charge in [0.15, 0.2) is 0 Å². The smallest absolute Gasteiger partial charge is 0.407 e. The van der Waals surface area contributed by atoms with E-state index in [1.165, 1.54) is 0 Å². The van der Waals surface area contributed by atoms with Crippen molar-refractivity contribution in [3.8, 4) is 0 Å². The molecule has 0 heterocycles. The van der Waals surface area contributed by atoms with E-state index >= 15 is 0 Å².